The van der Waals surface area contributed by atoms with Crippen LogP contribution in [0.4, 0.5) is 0 Å². The Hall–Kier alpha value is -3.15. The van der Waals surface area contributed by atoms with E-state index in [1.807, 2.05) is 24.3 Å². The maximum absolute atomic E-state index is 12.1. The highest BCUT2D eigenvalue weighted by molar-refractivity contribution is 6.00. The van der Waals surface area contributed by atoms with Crippen molar-refractivity contribution in [1.29, 1.82) is 0 Å². The molecule has 0 aliphatic heterocycles. The van der Waals surface area contributed by atoms with E-state index in [2.05, 4.69) is 0 Å². The molecular weight excluding hydrogens is 324 g/mol. The van der Waals surface area contributed by atoms with Gasteiger partial charge in [-0.2, -0.15) is 0 Å². The van der Waals surface area contributed by atoms with Crippen molar-refractivity contribution in [3.8, 4) is 34.1 Å². The standard InChI is InChI=1S/C19H18O6/c1-21-12-7-5-11(6-8-12)13-9-16(20)25-14-10-15(22-2)18(23-3)19(24-4)17(13)14/h5-10H,1-4H3. The van der Waals surface area contributed by atoms with Gasteiger partial charge in [-0.15, -0.1) is 0 Å². The van der Waals surface area contributed by atoms with E-state index in [1.54, 1.807) is 13.2 Å². The van der Waals surface area contributed by atoms with E-state index < -0.39 is 5.63 Å². The summed E-state index contributed by atoms with van der Waals surface area (Å²) in [7, 11) is 6.16. The molecule has 0 saturated carbocycles. The second kappa shape index (κ2) is 6.76. The van der Waals surface area contributed by atoms with Crippen LogP contribution in [0, 0.1) is 0 Å². The van der Waals surface area contributed by atoms with Gasteiger partial charge < -0.3 is 23.4 Å². The molecule has 0 spiro atoms. The van der Waals surface area contributed by atoms with Gasteiger partial charge in [0, 0.05) is 17.7 Å². The van der Waals surface area contributed by atoms with Crippen molar-refractivity contribution in [1.82, 2.24) is 0 Å². The number of hydrogen-bond acceptors (Lipinski definition) is 6. The Balaban J connectivity index is 2.39. The number of benzene rings is 2. The highest BCUT2D eigenvalue weighted by Crippen LogP contribution is 2.46. The van der Waals surface area contributed by atoms with Gasteiger partial charge in [0.15, 0.2) is 11.5 Å². The zero-order valence-corrected chi connectivity index (χ0v) is 14.4. The summed E-state index contributed by atoms with van der Waals surface area (Å²) in [6, 6.07) is 10.4. The normalized spacial score (nSPS) is 10.6. The van der Waals surface area contributed by atoms with Gasteiger partial charge in [-0.25, -0.2) is 4.79 Å². The van der Waals surface area contributed by atoms with Gasteiger partial charge in [-0.3, -0.25) is 0 Å². The van der Waals surface area contributed by atoms with E-state index in [0.29, 0.717) is 33.8 Å². The Morgan fingerprint density at radius 3 is 2.04 bits per heavy atom. The van der Waals surface area contributed by atoms with Crippen molar-refractivity contribution in [2.75, 3.05) is 28.4 Å². The minimum atomic E-state index is -0.465. The molecule has 6 heteroatoms. The van der Waals surface area contributed by atoms with E-state index in [4.69, 9.17) is 23.4 Å². The molecule has 0 bridgehead atoms. The van der Waals surface area contributed by atoms with Crippen molar-refractivity contribution in [3.05, 3.63) is 46.8 Å². The monoisotopic (exact) mass is 342 g/mol. The number of ether oxygens (including phenoxy) is 4. The second-order valence-electron chi connectivity index (χ2n) is 5.23. The summed E-state index contributed by atoms with van der Waals surface area (Å²) >= 11 is 0. The summed E-state index contributed by atoms with van der Waals surface area (Å²) in [6.07, 6.45) is 0. The van der Waals surface area contributed by atoms with Gasteiger partial charge in [0.25, 0.3) is 0 Å². The summed E-state index contributed by atoms with van der Waals surface area (Å²) in [5.74, 6) is 2.01. The van der Waals surface area contributed by atoms with Crippen molar-refractivity contribution >= 4 is 11.0 Å². The van der Waals surface area contributed by atoms with E-state index >= 15 is 0 Å². The molecule has 6 nitrogen and oxygen atoms in total. The minimum absolute atomic E-state index is 0.354. The van der Waals surface area contributed by atoms with Crippen LogP contribution in [-0.4, -0.2) is 28.4 Å². The lowest BCUT2D eigenvalue weighted by atomic mass is 10.0. The Bertz CT molecular complexity index is 956. The molecule has 0 aliphatic carbocycles. The van der Waals surface area contributed by atoms with Crippen LogP contribution >= 0.6 is 0 Å². The molecule has 3 rings (SSSR count). The van der Waals surface area contributed by atoms with Crippen LogP contribution in [0.3, 0.4) is 0 Å². The fourth-order valence-corrected chi connectivity index (χ4v) is 2.80. The van der Waals surface area contributed by atoms with Crippen molar-refractivity contribution < 1.29 is 23.4 Å². The number of methoxy groups -OCH3 is 4. The first-order chi connectivity index (χ1) is 12.1. The molecule has 130 valence electrons. The van der Waals surface area contributed by atoms with Crippen LogP contribution in [0.25, 0.3) is 22.1 Å². The second-order valence-corrected chi connectivity index (χ2v) is 5.23. The first-order valence-corrected chi connectivity index (χ1v) is 7.54. The Morgan fingerprint density at radius 1 is 0.800 bits per heavy atom. The smallest absolute Gasteiger partial charge is 0.336 e. The lowest BCUT2D eigenvalue weighted by Gasteiger charge is -2.16. The predicted octanol–water partition coefficient (Wildman–Crippen LogP) is 3.49. The van der Waals surface area contributed by atoms with Gasteiger partial charge in [-0.1, -0.05) is 12.1 Å². The van der Waals surface area contributed by atoms with Gasteiger partial charge in [0.05, 0.1) is 33.8 Å². The summed E-state index contributed by atoms with van der Waals surface area (Å²) in [6.45, 7) is 0. The maximum atomic E-state index is 12.1. The van der Waals surface area contributed by atoms with E-state index in [-0.39, 0.29) is 0 Å². The number of rotatable bonds is 5. The third kappa shape index (κ3) is 2.87. The summed E-state index contributed by atoms with van der Waals surface area (Å²) in [5.41, 5.74) is 1.39. The molecule has 0 aliphatic rings. The van der Waals surface area contributed by atoms with Gasteiger partial charge in [0.1, 0.15) is 11.3 Å². The van der Waals surface area contributed by atoms with Crippen LogP contribution in [0.2, 0.25) is 0 Å². The molecule has 0 unspecified atom stereocenters. The highest BCUT2D eigenvalue weighted by Gasteiger charge is 2.21. The molecule has 1 aromatic heterocycles. The van der Waals surface area contributed by atoms with Gasteiger partial charge in [0.2, 0.25) is 5.75 Å². The molecule has 0 saturated heterocycles. The fourth-order valence-electron chi connectivity index (χ4n) is 2.80. The topological polar surface area (TPSA) is 67.1 Å². The van der Waals surface area contributed by atoms with Crippen LogP contribution in [0.15, 0.2) is 45.6 Å². The summed E-state index contributed by atoms with van der Waals surface area (Å²) < 4.78 is 26.8. The molecule has 3 aromatic rings. The molecule has 0 radical (unpaired) electrons. The summed E-state index contributed by atoms with van der Waals surface area (Å²) in [4.78, 5) is 12.1. The first-order valence-electron chi connectivity index (χ1n) is 7.54. The Morgan fingerprint density at radius 2 is 1.48 bits per heavy atom. The molecule has 0 fully saturated rings. The zero-order valence-electron chi connectivity index (χ0n) is 14.4. The average molecular weight is 342 g/mol. The third-order valence-corrected chi connectivity index (χ3v) is 3.94. The van der Waals surface area contributed by atoms with Gasteiger partial charge in [-0.05, 0) is 17.7 Å². The lowest BCUT2D eigenvalue weighted by molar-refractivity contribution is 0.326. The van der Waals surface area contributed by atoms with Crippen LogP contribution < -0.4 is 24.6 Å². The van der Waals surface area contributed by atoms with Crippen molar-refractivity contribution in [2.24, 2.45) is 0 Å². The molecule has 2 aromatic carbocycles. The lowest BCUT2D eigenvalue weighted by Crippen LogP contribution is -2.02. The average Bonchev–Trinajstić information content (AvgIpc) is 2.65. The number of fused-ring (bicyclic) bond motifs is 1. The molecule has 1 heterocycles. The fraction of sp³-hybridized carbons (Fsp3) is 0.211. The Labute approximate surface area is 144 Å². The first kappa shape index (κ1) is 16.7. The Kier molecular flexibility index (Phi) is 4.52. The van der Waals surface area contributed by atoms with Gasteiger partial charge >= 0.3 is 5.63 Å². The molecule has 0 amide bonds. The van der Waals surface area contributed by atoms with E-state index in [9.17, 15) is 4.79 Å². The summed E-state index contributed by atoms with van der Waals surface area (Å²) in [5, 5.41) is 0.630. The largest absolute Gasteiger partial charge is 0.497 e. The maximum Gasteiger partial charge on any atom is 0.336 e. The van der Waals surface area contributed by atoms with Crippen LogP contribution in [-0.2, 0) is 0 Å². The quantitative estimate of drug-likeness (QED) is 0.661. The van der Waals surface area contributed by atoms with Crippen LogP contribution in [0.1, 0.15) is 0 Å². The minimum Gasteiger partial charge on any atom is -0.497 e. The van der Waals surface area contributed by atoms with Crippen molar-refractivity contribution in [3.63, 3.8) is 0 Å². The molecule has 0 atom stereocenters. The molecule has 25 heavy (non-hydrogen) atoms. The van der Waals surface area contributed by atoms with E-state index in [0.717, 1.165) is 11.3 Å². The SMILES string of the molecule is COc1ccc(-c2cc(=O)oc3cc(OC)c(OC)c(OC)c23)cc1. The van der Waals surface area contributed by atoms with Crippen LogP contribution in [0.5, 0.6) is 23.0 Å². The third-order valence-electron chi connectivity index (χ3n) is 3.94. The van der Waals surface area contributed by atoms with Crippen molar-refractivity contribution in [2.45, 2.75) is 0 Å². The zero-order chi connectivity index (χ0) is 18.0. The van der Waals surface area contributed by atoms with E-state index in [1.165, 1.54) is 27.4 Å². The highest BCUT2D eigenvalue weighted by atomic mass is 16.5. The number of hydrogen-bond donors (Lipinski definition) is 0. The molecule has 0 N–H and O–H groups in total. The predicted molar refractivity (Wildman–Crippen MR) is 94.1 cm³/mol. The molecular formula is C19H18O6.